The number of nitrogens with zero attached hydrogens (tertiary/aromatic N) is 3. The maximum atomic E-state index is 14.7. The fraction of sp³-hybridized carbons (Fsp3) is 0.525. The number of nitrogens with one attached hydrogen (secondary N) is 3. The fourth-order valence-electron chi connectivity index (χ4n) is 8.28. The first kappa shape index (κ1) is 39.4. The second-order valence-electron chi connectivity index (χ2n) is 16.8. The highest BCUT2D eigenvalue weighted by Gasteiger charge is 2.62. The van der Waals surface area contributed by atoms with E-state index in [9.17, 15) is 41.2 Å². The van der Waals surface area contributed by atoms with Gasteiger partial charge in [0.2, 0.25) is 27.7 Å². The van der Waals surface area contributed by atoms with Gasteiger partial charge in [-0.3, -0.25) is 28.5 Å². The summed E-state index contributed by atoms with van der Waals surface area (Å²) >= 11 is 0. The zero-order valence-corrected chi connectivity index (χ0v) is 32.5. The predicted octanol–water partition coefficient (Wildman–Crippen LogP) is 4.30. The van der Waals surface area contributed by atoms with Gasteiger partial charge in [-0.15, -0.1) is 6.58 Å². The zero-order valence-electron chi connectivity index (χ0n) is 31.7. The molecule has 2 unspecified atom stereocenters. The number of carbonyl (C=O) groups excluding carboxylic acids is 5. The summed E-state index contributed by atoms with van der Waals surface area (Å²) in [4.78, 5) is 72.6. The number of rotatable bonds is 10. The van der Waals surface area contributed by atoms with Crippen molar-refractivity contribution in [2.45, 2.75) is 94.5 Å². The lowest BCUT2D eigenvalue weighted by Gasteiger charge is -2.37. The molecule has 4 aliphatic rings. The van der Waals surface area contributed by atoms with Crippen molar-refractivity contribution in [2.75, 3.05) is 19.6 Å². The van der Waals surface area contributed by atoms with Crippen molar-refractivity contribution in [3.8, 4) is 0 Å². The van der Waals surface area contributed by atoms with E-state index in [1.54, 1.807) is 20.8 Å². The minimum absolute atomic E-state index is 0.0690. The molecule has 0 radical (unpaired) electrons. The number of piperidine rings is 1. The maximum absolute atomic E-state index is 14.7. The molecule has 0 bridgehead atoms. The summed E-state index contributed by atoms with van der Waals surface area (Å²) in [6, 6.07) is 12.3. The van der Waals surface area contributed by atoms with Crippen LogP contribution in [0.15, 0.2) is 61.2 Å². The molecule has 2 saturated carbocycles. The standard InChI is InChI=1S/C40H48F2N6O7S/c1-5-24-21-40(24,36(52)45-56(54,55)26-15-16-26)44-34(50)32-19-25(43-37(53)48-30-13-8-6-11-27(30)28-12-7-9-14-31(28)48)22-47(32)35(51)29(38(2,3)4)20-33(49)46-18-10-17-39(41,42)23-46/h5-9,11-14,24-26,29,32H,1,10,15-23H2,2-4H3,(H,43,53)(H,44,50)(H,45,52)/t24?,25-,29-,32+,40?/m1/s1. The minimum Gasteiger partial charge on any atom is -0.339 e. The number of para-hydroxylation sites is 2. The molecule has 16 heteroatoms. The molecule has 2 saturated heterocycles. The number of hydrogen-bond donors (Lipinski definition) is 3. The Morgan fingerprint density at radius 3 is 2.18 bits per heavy atom. The highest BCUT2D eigenvalue weighted by Crippen LogP contribution is 2.46. The second-order valence-corrected chi connectivity index (χ2v) is 18.8. The van der Waals surface area contributed by atoms with E-state index >= 15 is 0 Å². The quantitative estimate of drug-likeness (QED) is 0.258. The summed E-state index contributed by atoms with van der Waals surface area (Å²) in [5.74, 6) is -7.50. The van der Waals surface area contributed by atoms with Crippen LogP contribution in [0.4, 0.5) is 13.6 Å². The van der Waals surface area contributed by atoms with Crippen LogP contribution in [0.25, 0.3) is 21.8 Å². The smallest absolute Gasteiger partial charge is 0.326 e. The Morgan fingerprint density at radius 1 is 1.00 bits per heavy atom. The molecule has 3 aromatic rings. The van der Waals surface area contributed by atoms with E-state index in [0.717, 1.165) is 15.7 Å². The highest BCUT2D eigenvalue weighted by atomic mass is 32.2. The number of benzene rings is 2. The molecule has 56 heavy (non-hydrogen) atoms. The van der Waals surface area contributed by atoms with Gasteiger partial charge in [-0.25, -0.2) is 22.0 Å². The van der Waals surface area contributed by atoms with Crippen molar-refractivity contribution < 1.29 is 41.2 Å². The molecule has 2 aromatic carbocycles. The molecule has 5 amide bonds. The molecule has 3 heterocycles. The number of hydrogen-bond acceptors (Lipinski definition) is 7. The zero-order chi connectivity index (χ0) is 40.4. The first-order valence-corrected chi connectivity index (χ1v) is 20.7. The molecular formula is C40H48F2N6O7S. The van der Waals surface area contributed by atoms with Gasteiger partial charge in [0, 0.05) is 42.6 Å². The van der Waals surface area contributed by atoms with Crippen molar-refractivity contribution in [1.82, 2.24) is 29.7 Å². The number of alkyl halides is 2. The van der Waals surface area contributed by atoms with Crippen molar-refractivity contribution in [3.05, 3.63) is 61.2 Å². The highest BCUT2D eigenvalue weighted by molar-refractivity contribution is 7.91. The number of likely N-dealkylation sites (tertiary alicyclic amines) is 2. The molecule has 1 aromatic heterocycles. The molecule has 3 N–H and O–H groups in total. The van der Waals surface area contributed by atoms with Gasteiger partial charge in [-0.2, -0.15) is 0 Å². The topological polar surface area (TPSA) is 167 Å². The van der Waals surface area contributed by atoms with Crippen LogP contribution in [0.5, 0.6) is 0 Å². The summed E-state index contributed by atoms with van der Waals surface area (Å²) < 4.78 is 57.8. The fourth-order valence-corrected chi connectivity index (χ4v) is 9.64. The van der Waals surface area contributed by atoms with Gasteiger partial charge in [-0.1, -0.05) is 63.2 Å². The molecule has 13 nitrogen and oxygen atoms in total. The third-order valence-electron chi connectivity index (χ3n) is 11.7. The van der Waals surface area contributed by atoms with Gasteiger partial charge < -0.3 is 20.4 Å². The monoisotopic (exact) mass is 794 g/mol. The second kappa shape index (κ2) is 14.3. The van der Waals surface area contributed by atoms with E-state index < -0.39 is 92.3 Å². The maximum Gasteiger partial charge on any atom is 0.326 e. The molecule has 0 spiro atoms. The Hall–Kier alpha value is -4.86. The first-order chi connectivity index (χ1) is 26.3. The third kappa shape index (κ3) is 7.51. The van der Waals surface area contributed by atoms with Crippen LogP contribution in [0.2, 0.25) is 0 Å². The molecule has 2 aliphatic carbocycles. The lowest BCUT2D eigenvalue weighted by atomic mass is 9.77. The number of aromatic nitrogens is 1. The van der Waals surface area contributed by atoms with Gasteiger partial charge >= 0.3 is 6.03 Å². The van der Waals surface area contributed by atoms with E-state index in [0.29, 0.717) is 23.9 Å². The van der Waals surface area contributed by atoms with E-state index in [1.807, 2.05) is 48.5 Å². The first-order valence-electron chi connectivity index (χ1n) is 19.1. The van der Waals surface area contributed by atoms with E-state index in [1.165, 1.54) is 15.5 Å². The molecule has 4 fully saturated rings. The summed E-state index contributed by atoms with van der Waals surface area (Å²) in [6.07, 6.45) is 1.73. The molecule has 7 rings (SSSR count). The van der Waals surface area contributed by atoms with Crippen molar-refractivity contribution in [1.29, 1.82) is 0 Å². The van der Waals surface area contributed by atoms with Crippen molar-refractivity contribution in [3.63, 3.8) is 0 Å². The van der Waals surface area contributed by atoms with Crippen molar-refractivity contribution >= 4 is 61.5 Å². The lowest BCUT2D eigenvalue weighted by Crippen LogP contribution is -2.57. The van der Waals surface area contributed by atoms with Gasteiger partial charge in [0.05, 0.1) is 34.8 Å². The summed E-state index contributed by atoms with van der Waals surface area (Å²) in [5.41, 5.74) is -1.18. The normalized spacial score (nSPS) is 25.4. The molecular weight excluding hydrogens is 747 g/mol. The third-order valence-corrected chi connectivity index (χ3v) is 13.5. The van der Waals surface area contributed by atoms with Crippen molar-refractivity contribution in [2.24, 2.45) is 17.3 Å². The van der Waals surface area contributed by atoms with Crippen LogP contribution in [0.1, 0.15) is 65.7 Å². The Balaban J connectivity index is 1.18. The average molecular weight is 795 g/mol. The van der Waals surface area contributed by atoms with Crippen LogP contribution < -0.4 is 15.4 Å². The van der Waals surface area contributed by atoms with E-state index in [4.69, 9.17) is 0 Å². The molecule has 300 valence electrons. The van der Waals surface area contributed by atoms with Crippen LogP contribution in [-0.2, 0) is 29.2 Å². The van der Waals surface area contributed by atoms with Gasteiger partial charge in [0.25, 0.3) is 11.8 Å². The lowest BCUT2D eigenvalue weighted by molar-refractivity contribution is -0.151. The number of carbonyl (C=O) groups is 5. The van der Waals surface area contributed by atoms with E-state index in [2.05, 4.69) is 21.9 Å². The van der Waals surface area contributed by atoms with Gasteiger partial charge in [-0.05, 0) is 49.7 Å². The molecule has 2 aliphatic heterocycles. The Bertz CT molecular complexity index is 2180. The Morgan fingerprint density at radius 2 is 1.62 bits per heavy atom. The summed E-state index contributed by atoms with van der Waals surface area (Å²) in [5, 5.41) is 6.78. The number of amides is 5. The van der Waals surface area contributed by atoms with Gasteiger partial charge in [0.1, 0.15) is 11.6 Å². The summed E-state index contributed by atoms with van der Waals surface area (Å²) in [7, 11) is -3.95. The SMILES string of the molecule is C=CC1CC1(NC(=O)[C@@H]1C[C@@H](NC(=O)n2c3ccccc3c3ccccc32)CN1C(=O)[C@@H](CC(=O)N1CCCC(F)(F)C1)C(C)(C)C)C(=O)NS(=O)(=O)C1CC1. The number of fused-ring (bicyclic) bond motifs is 3. The predicted molar refractivity (Wildman–Crippen MR) is 205 cm³/mol. The van der Waals surface area contributed by atoms with Crippen LogP contribution in [0.3, 0.4) is 0 Å². The molecule has 5 atom stereocenters. The number of halogens is 2. The number of sulfonamides is 1. The minimum atomic E-state index is -3.95. The summed E-state index contributed by atoms with van der Waals surface area (Å²) in [6.45, 7) is 8.25. The Kier molecular flexibility index (Phi) is 10.0. The largest absolute Gasteiger partial charge is 0.339 e. The van der Waals surface area contributed by atoms with Crippen LogP contribution >= 0.6 is 0 Å². The Labute approximate surface area is 324 Å². The van der Waals surface area contributed by atoms with Gasteiger partial charge in [0.15, 0.2) is 0 Å². The van der Waals surface area contributed by atoms with E-state index in [-0.39, 0.29) is 45.2 Å². The van der Waals surface area contributed by atoms with Crippen LogP contribution in [-0.4, -0.2) is 101 Å². The van der Waals surface area contributed by atoms with Crippen LogP contribution in [0, 0.1) is 17.3 Å². The average Bonchev–Trinajstić information content (AvgIpc) is 4.05.